The highest BCUT2D eigenvalue weighted by Crippen LogP contribution is 2.36. The van der Waals surface area contributed by atoms with Crippen molar-refractivity contribution in [1.82, 2.24) is 14.9 Å². The summed E-state index contributed by atoms with van der Waals surface area (Å²) in [6.45, 7) is 4.17. The molecule has 1 saturated heterocycles. The molecule has 0 radical (unpaired) electrons. The Morgan fingerprint density at radius 1 is 0.857 bits per heavy atom. The van der Waals surface area contributed by atoms with E-state index in [-0.39, 0.29) is 0 Å². The molecule has 0 bridgehead atoms. The van der Waals surface area contributed by atoms with Crippen LogP contribution in [0.25, 0.3) is 10.8 Å². The van der Waals surface area contributed by atoms with E-state index in [1.54, 1.807) is 0 Å². The second-order valence-electron chi connectivity index (χ2n) is 7.86. The maximum Gasteiger partial charge on any atom is 0.226 e. The Balaban J connectivity index is 1.50. The molecule has 1 aromatic heterocycles. The summed E-state index contributed by atoms with van der Waals surface area (Å²) in [7, 11) is 2.19. The maximum atomic E-state index is 5.07. The first-order valence-electron chi connectivity index (χ1n) is 10.3. The van der Waals surface area contributed by atoms with Gasteiger partial charge in [-0.25, -0.2) is 9.97 Å². The van der Waals surface area contributed by atoms with Crippen LogP contribution < -0.4 is 4.90 Å². The number of hydrogen-bond acceptors (Lipinski definition) is 5. The Hall–Kier alpha value is -2.11. The summed E-state index contributed by atoms with van der Waals surface area (Å²) < 4.78 is 0. The molecule has 0 amide bonds. The zero-order valence-corrected chi connectivity index (χ0v) is 17.2. The monoisotopic (exact) mass is 390 g/mol. The quantitative estimate of drug-likeness (QED) is 0.619. The van der Waals surface area contributed by atoms with Gasteiger partial charge in [0, 0.05) is 36.6 Å². The van der Waals surface area contributed by atoms with E-state index in [9.17, 15) is 0 Å². The maximum absolute atomic E-state index is 5.07. The van der Waals surface area contributed by atoms with Crippen molar-refractivity contribution in [3.8, 4) is 0 Å². The lowest BCUT2D eigenvalue weighted by Crippen LogP contribution is -2.45. The molecule has 1 aliphatic heterocycles. The second-order valence-corrected chi connectivity index (χ2v) is 8.92. The fourth-order valence-corrected chi connectivity index (χ4v) is 5.14. The summed E-state index contributed by atoms with van der Waals surface area (Å²) >= 11 is 1.81. The number of fused-ring (bicyclic) bond motifs is 2. The van der Waals surface area contributed by atoms with E-state index in [0.29, 0.717) is 0 Å². The van der Waals surface area contributed by atoms with Gasteiger partial charge in [0.1, 0.15) is 5.03 Å². The van der Waals surface area contributed by atoms with Crippen molar-refractivity contribution < 1.29 is 0 Å². The van der Waals surface area contributed by atoms with Gasteiger partial charge in [-0.05, 0) is 55.6 Å². The first-order chi connectivity index (χ1) is 13.8. The predicted molar refractivity (Wildman–Crippen MR) is 116 cm³/mol. The molecule has 1 aliphatic carbocycles. The lowest BCUT2D eigenvalue weighted by Gasteiger charge is -2.33. The van der Waals surface area contributed by atoms with E-state index in [4.69, 9.17) is 9.97 Å². The third-order valence-corrected chi connectivity index (χ3v) is 6.88. The van der Waals surface area contributed by atoms with Gasteiger partial charge < -0.3 is 9.80 Å². The minimum Gasteiger partial charge on any atom is -0.338 e. The molecular formula is C23H26N4S. The number of hydrogen-bond donors (Lipinski definition) is 0. The number of piperazine rings is 1. The Bertz CT molecular complexity index is 995. The van der Waals surface area contributed by atoms with Crippen LogP contribution in [0.4, 0.5) is 5.95 Å². The molecule has 3 aromatic rings. The Morgan fingerprint density at radius 3 is 2.50 bits per heavy atom. The summed E-state index contributed by atoms with van der Waals surface area (Å²) in [5.74, 6) is 0.928. The van der Waals surface area contributed by atoms with Crippen LogP contribution in [-0.2, 0) is 12.8 Å². The van der Waals surface area contributed by atoms with Crippen LogP contribution in [-0.4, -0.2) is 48.1 Å². The number of anilines is 1. The van der Waals surface area contributed by atoms with Crippen LogP contribution in [0.5, 0.6) is 0 Å². The summed E-state index contributed by atoms with van der Waals surface area (Å²) in [6.07, 6.45) is 4.68. The van der Waals surface area contributed by atoms with Gasteiger partial charge in [-0.1, -0.05) is 42.1 Å². The van der Waals surface area contributed by atoms with Crippen molar-refractivity contribution in [2.45, 2.75) is 35.6 Å². The summed E-state index contributed by atoms with van der Waals surface area (Å²) in [5, 5.41) is 3.73. The van der Waals surface area contributed by atoms with Crippen molar-refractivity contribution in [3.05, 3.63) is 53.7 Å². The average molecular weight is 391 g/mol. The molecule has 0 N–H and O–H groups in total. The van der Waals surface area contributed by atoms with Crippen LogP contribution in [0.15, 0.2) is 52.4 Å². The third-order valence-electron chi connectivity index (χ3n) is 5.85. The minimum atomic E-state index is 0.928. The highest BCUT2D eigenvalue weighted by atomic mass is 32.2. The van der Waals surface area contributed by atoms with Gasteiger partial charge >= 0.3 is 0 Å². The molecule has 5 heteroatoms. The Morgan fingerprint density at radius 2 is 1.64 bits per heavy atom. The lowest BCUT2D eigenvalue weighted by atomic mass is 9.97. The van der Waals surface area contributed by atoms with Crippen LogP contribution in [0, 0.1) is 0 Å². The molecule has 2 heterocycles. The van der Waals surface area contributed by atoms with Gasteiger partial charge in [0.15, 0.2) is 0 Å². The van der Waals surface area contributed by atoms with E-state index >= 15 is 0 Å². The van der Waals surface area contributed by atoms with Crippen molar-refractivity contribution in [3.63, 3.8) is 0 Å². The van der Waals surface area contributed by atoms with Crippen molar-refractivity contribution in [1.29, 1.82) is 0 Å². The van der Waals surface area contributed by atoms with Gasteiger partial charge in [-0.2, -0.15) is 0 Å². The number of benzene rings is 2. The fraction of sp³-hybridized carbons (Fsp3) is 0.391. The third kappa shape index (κ3) is 3.61. The van der Waals surface area contributed by atoms with Crippen LogP contribution >= 0.6 is 11.8 Å². The molecule has 5 rings (SSSR count). The van der Waals surface area contributed by atoms with Gasteiger partial charge in [0.25, 0.3) is 0 Å². The van der Waals surface area contributed by atoms with Gasteiger partial charge in [0.2, 0.25) is 5.95 Å². The Kier molecular flexibility index (Phi) is 4.95. The molecule has 0 saturated carbocycles. The first-order valence-corrected chi connectivity index (χ1v) is 11.1. The predicted octanol–water partition coefficient (Wildman–Crippen LogP) is 4.41. The number of likely N-dealkylation sites (N-methyl/N-ethyl adjacent to an activating group) is 1. The van der Waals surface area contributed by atoms with E-state index in [0.717, 1.165) is 50.0 Å². The van der Waals surface area contributed by atoms with E-state index < -0.39 is 0 Å². The van der Waals surface area contributed by atoms with Crippen LogP contribution in [0.1, 0.15) is 24.1 Å². The summed E-state index contributed by atoms with van der Waals surface area (Å²) in [6, 6.07) is 15.3. The largest absolute Gasteiger partial charge is 0.338 e. The lowest BCUT2D eigenvalue weighted by molar-refractivity contribution is 0.310. The molecule has 4 nitrogen and oxygen atoms in total. The van der Waals surface area contributed by atoms with Crippen molar-refractivity contribution in [2.75, 3.05) is 38.1 Å². The van der Waals surface area contributed by atoms with Crippen LogP contribution in [0.2, 0.25) is 0 Å². The van der Waals surface area contributed by atoms with Crippen molar-refractivity contribution >= 4 is 28.5 Å². The first kappa shape index (κ1) is 18.0. The van der Waals surface area contributed by atoms with Gasteiger partial charge in [0.05, 0.1) is 5.69 Å². The zero-order valence-electron chi connectivity index (χ0n) is 16.4. The fourth-order valence-electron chi connectivity index (χ4n) is 4.12. The molecule has 1 fully saturated rings. The average Bonchev–Trinajstić information content (AvgIpc) is 2.74. The van der Waals surface area contributed by atoms with Crippen LogP contribution in [0.3, 0.4) is 0 Å². The Labute approximate surface area is 171 Å². The summed E-state index contributed by atoms with van der Waals surface area (Å²) in [4.78, 5) is 16.1. The van der Waals surface area contributed by atoms with E-state index in [1.807, 2.05) is 11.8 Å². The number of rotatable bonds is 3. The van der Waals surface area contributed by atoms with Crippen molar-refractivity contribution in [2.24, 2.45) is 0 Å². The standard InChI is InChI=1S/C23H26N4S/c1-26-12-14-27(15-13-26)23-24-21-9-5-4-8-20(21)22(25-23)28-19-11-10-17-6-2-3-7-18(17)16-19/h2-3,6-7,10-11,16H,4-5,8-9,12-15H2,1H3. The molecule has 144 valence electrons. The molecule has 2 aromatic carbocycles. The van der Waals surface area contributed by atoms with E-state index in [1.165, 1.54) is 39.8 Å². The molecule has 0 atom stereocenters. The second kappa shape index (κ2) is 7.72. The van der Waals surface area contributed by atoms with Gasteiger partial charge in [-0.15, -0.1) is 0 Å². The molecule has 0 unspecified atom stereocenters. The minimum absolute atomic E-state index is 0.928. The van der Waals surface area contributed by atoms with E-state index in [2.05, 4.69) is 59.3 Å². The normalized spacial score (nSPS) is 17.7. The molecule has 0 spiro atoms. The van der Waals surface area contributed by atoms with Gasteiger partial charge in [-0.3, -0.25) is 0 Å². The molecular weight excluding hydrogens is 364 g/mol. The highest BCUT2D eigenvalue weighted by molar-refractivity contribution is 7.99. The topological polar surface area (TPSA) is 32.3 Å². The summed E-state index contributed by atoms with van der Waals surface area (Å²) in [5.41, 5.74) is 2.65. The number of aryl methyl sites for hydroxylation is 1. The number of nitrogens with zero attached hydrogens (tertiary/aromatic N) is 4. The highest BCUT2D eigenvalue weighted by Gasteiger charge is 2.23. The zero-order chi connectivity index (χ0) is 18.9. The SMILES string of the molecule is CN1CCN(c2nc3c(c(Sc4ccc5ccccc5c4)n2)CCCC3)CC1. The molecule has 28 heavy (non-hydrogen) atoms. The molecule has 2 aliphatic rings. The number of aromatic nitrogens is 2. The smallest absolute Gasteiger partial charge is 0.226 e.